The Morgan fingerprint density at radius 2 is 1.92 bits per heavy atom. The second kappa shape index (κ2) is 4.59. The molecule has 1 heterocycles. The molecular weight excluding hydrogens is 255 g/mol. The molecule has 3 nitrogen and oxygen atoms in total. The summed E-state index contributed by atoms with van der Waals surface area (Å²) in [7, 11) is 1.31. The topological polar surface area (TPSA) is 43.4 Å². The van der Waals surface area contributed by atoms with Crippen molar-refractivity contribution in [1.29, 1.82) is 0 Å². The van der Waals surface area contributed by atoms with Crippen LogP contribution < -0.4 is 0 Å². The number of hydrogen-bond donors (Lipinski definition) is 0. The summed E-state index contributed by atoms with van der Waals surface area (Å²) >= 11 is 13.0. The van der Waals surface area contributed by atoms with Crippen LogP contribution in [0.25, 0.3) is 0 Å². The molecule has 1 saturated heterocycles. The molecule has 7 heteroatoms. The first-order chi connectivity index (χ1) is 6.06. The van der Waals surface area contributed by atoms with Crippen LogP contribution in [-0.2, 0) is 14.3 Å². The number of ether oxygens (including phenoxy) is 1. The number of hydrogen-bond acceptors (Lipinski definition) is 5. The molecule has 0 atom stereocenters. The lowest BCUT2D eigenvalue weighted by atomic mass is 10.7. The van der Waals surface area contributed by atoms with Gasteiger partial charge >= 0.3 is 5.97 Å². The fourth-order valence-electron chi connectivity index (χ4n) is 0.579. The molecule has 0 radical (unpaired) electrons. The van der Waals surface area contributed by atoms with E-state index in [9.17, 15) is 9.59 Å². The third-order valence-corrected chi connectivity index (χ3v) is 4.85. The van der Waals surface area contributed by atoms with Gasteiger partial charge in [0.25, 0.3) is 5.24 Å². The minimum absolute atomic E-state index is 0.0307. The predicted octanol–water partition coefficient (Wildman–Crippen LogP) is 2.14. The molecule has 0 saturated carbocycles. The van der Waals surface area contributed by atoms with Gasteiger partial charge in [0.05, 0.1) is 11.3 Å². The number of esters is 1. The summed E-state index contributed by atoms with van der Waals surface area (Å²) in [5, 5.41) is -0.739. The van der Waals surface area contributed by atoms with Gasteiger partial charge < -0.3 is 4.74 Å². The Bertz CT molecular complexity index is 282. The zero-order valence-electron chi connectivity index (χ0n) is 6.37. The Balaban J connectivity index is 2.54. The highest BCUT2D eigenvalue weighted by Crippen LogP contribution is 2.53. The van der Waals surface area contributed by atoms with Crippen LogP contribution in [0, 0.1) is 0 Å². The highest BCUT2D eigenvalue weighted by Gasteiger charge is 2.35. The minimum Gasteiger partial charge on any atom is -0.468 e. The smallest absolute Gasteiger partial charge is 0.329 e. The molecule has 0 aromatic heterocycles. The Morgan fingerprint density at radius 1 is 1.38 bits per heavy atom. The molecular formula is C6H4Cl2O3S2. The Kier molecular flexibility index (Phi) is 3.97. The van der Waals surface area contributed by atoms with E-state index in [1.807, 2.05) is 0 Å². The van der Waals surface area contributed by atoms with E-state index in [-0.39, 0.29) is 15.6 Å². The average Bonchev–Trinajstić information content (AvgIpc) is 2.00. The lowest BCUT2D eigenvalue weighted by Gasteiger charge is -2.25. The first-order valence-corrected chi connectivity index (χ1v) is 5.58. The fraction of sp³-hybridized carbons (Fsp3) is 0.333. The van der Waals surface area contributed by atoms with E-state index in [0.717, 1.165) is 0 Å². The molecule has 0 aliphatic carbocycles. The third-order valence-electron chi connectivity index (χ3n) is 1.17. The molecule has 0 amide bonds. The van der Waals surface area contributed by atoms with E-state index >= 15 is 0 Å². The SMILES string of the molecule is COC(=O)C1SC(=C(Cl)C(=O)Cl)S1. The van der Waals surface area contributed by atoms with Crippen LogP contribution in [0.1, 0.15) is 0 Å². The second-order valence-electron chi connectivity index (χ2n) is 1.97. The molecule has 72 valence electrons. The molecule has 13 heavy (non-hydrogen) atoms. The van der Waals surface area contributed by atoms with Gasteiger partial charge in [-0.1, -0.05) is 35.1 Å². The van der Waals surface area contributed by atoms with Gasteiger partial charge in [-0.05, 0) is 11.6 Å². The van der Waals surface area contributed by atoms with E-state index in [4.69, 9.17) is 23.2 Å². The Hall–Kier alpha value is 0.160. The molecule has 0 spiro atoms. The lowest BCUT2D eigenvalue weighted by Crippen LogP contribution is -2.21. The number of carbonyl (C=O) groups is 2. The number of allylic oxidation sites excluding steroid dienone is 1. The molecule has 1 fully saturated rings. The maximum Gasteiger partial charge on any atom is 0.329 e. The summed E-state index contributed by atoms with van der Waals surface area (Å²) in [5.41, 5.74) is 0. The highest BCUT2D eigenvalue weighted by atomic mass is 35.5. The van der Waals surface area contributed by atoms with Crippen molar-refractivity contribution in [2.24, 2.45) is 0 Å². The minimum atomic E-state index is -0.708. The van der Waals surface area contributed by atoms with Crippen LogP contribution >= 0.6 is 46.7 Å². The van der Waals surface area contributed by atoms with Crippen molar-refractivity contribution in [3.8, 4) is 0 Å². The van der Waals surface area contributed by atoms with Crippen molar-refractivity contribution in [2.45, 2.75) is 4.58 Å². The van der Waals surface area contributed by atoms with E-state index in [1.165, 1.54) is 30.6 Å². The number of carbonyl (C=O) groups excluding carboxylic acids is 2. The Labute approximate surface area is 93.2 Å². The molecule has 1 aliphatic rings. The molecule has 0 bridgehead atoms. The first-order valence-electron chi connectivity index (χ1n) is 3.07. The van der Waals surface area contributed by atoms with Gasteiger partial charge in [0.15, 0.2) is 4.58 Å². The zero-order chi connectivity index (χ0) is 10.0. The Morgan fingerprint density at radius 3 is 2.31 bits per heavy atom. The predicted molar refractivity (Wildman–Crippen MR) is 54.7 cm³/mol. The van der Waals surface area contributed by atoms with Crippen molar-refractivity contribution in [3.63, 3.8) is 0 Å². The van der Waals surface area contributed by atoms with Gasteiger partial charge in [0.1, 0.15) is 5.03 Å². The molecule has 0 unspecified atom stereocenters. The van der Waals surface area contributed by atoms with Crippen LogP contribution in [0.15, 0.2) is 9.27 Å². The third kappa shape index (κ3) is 2.56. The summed E-state index contributed by atoms with van der Waals surface area (Å²) in [6, 6.07) is 0. The first kappa shape index (κ1) is 11.2. The van der Waals surface area contributed by atoms with Crippen molar-refractivity contribution in [2.75, 3.05) is 7.11 Å². The number of methoxy groups -OCH3 is 1. The van der Waals surface area contributed by atoms with Gasteiger partial charge in [-0.15, -0.1) is 0 Å². The molecule has 0 N–H and O–H groups in total. The molecule has 1 rings (SSSR count). The lowest BCUT2D eigenvalue weighted by molar-refractivity contribution is -0.138. The van der Waals surface area contributed by atoms with Gasteiger partial charge in [0, 0.05) is 0 Å². The van der Waals surface area contributed by atoms with E-state index in [0.29, 0.717) is 4.24 Å². The van der Waals surface area contributed by atoms with Crippen molar-refractivity contribution in [1.82, 2.24) is 0 Å². The number of halogens is 2. The normalized spacial score (nSPS) is 20.5. The molecule has 0 aromatic carbocycles. The van der Waals surface area contributed by atoms with E-state index in [2.05, 4.69) is 4.74 Å². The maximum atomic E-state index is 10.9. The maximum absolute atomic E-state index is 10.9. The highest BCUT2D eigenvalue weighted by molar-refractivity contribution is 8.39. The molecule has 1 aliphatic heterocycles. The van der Waals surface area contributed by atoms with Gasteiger partial charge in [-0.2, -0.15) is 0 Å². The van der Waals surface area contributed by atoms with Gasteiger partial charge in [0.2, 0.25) is 0 Å². The fourth-order valence-corrected chi connectivity index (χ4v) is 3.10. The summed E-state index contributed by atoms with van der Waals surface area (Å²) in [4.78, 5) is 21.4. The standard InChI is InChI=1S/C6H4Cl2O3S2/c1-11-4(10)6-12-5(13-6)2(7)3(8)9/h6H,1H3. The number of thioether (sulfide) groups is 2. The van der Waals surface area contributed by atoms with Crippen LogP contribution in [0.5, 0.6) is 0 Å². The van der Waals surface area contributed by atoms with Gasteiger partial charge in [-0.25, -0.2) is 4.79 Å². The monoisotopic (exact) mass is 258 g/mol. The summed E-state index contributed by atoms with van der Waals surface area (Å²) < 4.78 is 4.72. The quantitative estimate of drug-likeness (QED) is 0.432. The van der Waals surface area contributed by atoms with Gasteiger partial charge in [-0.3, -0.25) is 4.79 Å². The summed E-state index contributed by atoms with van der Waals surface area (Å²) in [5.74, 6) is -0.342. The number of rotatable bonds is 2. The summed E-state index contributed by atoms with van der Waals surface area (Å²) in [6.45, 7) is 0. The largest absolute Gasteiger partial charge is 0.468 e. The average molecular weight is 259 g/mol. The van der Waals surface area contributed by atoms with Crippen LogP contribution in [0.3, 0.4) is 0 Å². The van der Waals surface area contributed by atoms with Crippen LogP contribution in [-0.4, -0.2) is 22.9 Å². The van der Waals surface area contributed by atoms with Crippen molar-refractivity contribution in [3.05, 3.63) is 9.27 Å². The van der Waals surface area contributed by atoms with Crippen molar-refractivity contribution >= 4 is 57.9 Å². The van der Waals surface area contributed by atoms with Crippen LogP contribution in [0.4, 0.5) is 0 Å². The second-order valence-corrected chi connectivity index (χ2v) is 5.47. The van der Waals surface area contributed by atoms with Crippen LogP contribution in [0.2, 0.25) is 0 Å². The molecule has 0 aromatic rings. The van der Waals surface area contributed by atoms with Crippen molar-refractivity contribution < 1.29 is 14.3 Å². The van der Waals surface area contributed by atoms with E-state index < -0.39 is 5.24 Å². The summed E-state index contributed by atoms with van der Waals surface area (Å²) in [6.07, 6.45) is 0. The van der Waals surface area contributed by atoms with E-state index in [1.54, 1.807) is 0 Å². The zero-order valence-corrected chi connectivity index (χ0v) is 9.52.